The van der Waals surface area contributed by atoms with Crippen molar-refractivity contribution in [3.05, 3.63) is 63.5 Å². The van der Waals surface area contributed by atoms with Crippen LogP contribution in [-0.2, 0) is 17.6 Å². The van der Waals surface area contributed by atoms with E-state index in [1.165, 1.54) is 11.3 Å². The average Bonchev–Trinajstić information content (AvgIpc) is 3.25. The molecule has 26 heavy (non-hydrogen) atoms. The fraction of sp³-hybridized carbons (Fsp3) is 0.263. The van der Waals surface area contributed by atoms with Crippen molar-refractivity contribution < 1.29 is 9.21 Å². The maximum absolute atomic E-state index is 12.2. The Balaban J connectivity index is 1.56. The molecular formula is C19H18Cl2N2O2S. The lowest BCUT2D eigenvalue weighted by molar-refractivity contribution is -0.121. The van der Waals surface area contributed by atoms with Crippen LogP contribution in [0.2, 0.25) is 10.0 Å². The minimum absolute atomic E-state index is 0.0564. The molecule has 0 spiro atoms. The Morgan fingerprint density at radius 1 is 1.27 bits per heavy atom. The quantitative estimate of drug-likeness (QED) is 0.569. The molecule has 3 aromatic rings. The van der Waals surface area contributed by atoms with Crippen LogP contribution in [0.4, 0.5) is 0 Å². The molecule has 0 bridgehead atoms. The molecule has 4 nitrogen and oxygen atoms in total. The van der Waals surface area contributed by atoms with E-state index >= 15 is 0 Å². The molecule has 0 radical (unpaired) electrons. The maximum Gasteiger partial charge on any atom is 0.226 e. The molecule has 1 atom stereocenters. The lowest BCUT2D eigenvalue weighted by atomic mass is 10.1. The summed E-state index contributed by atoms with van der Waals surface area (Å²) in [6.07, 6.45) is 3.49. The van der Waals surface area contributed by atoms with Crippen LogP contribution in [-0.4, -0.2) is 16.9 Å². The van der Waals surface area contributed by atoms with E-state index in [0.717, 1.165) is 18.6 Å². The van der Waals surface area contributed by atoms with E-state index in [1.54, 1.807) is 24.5 Å². The third-order valence-corrected chi connectivity index (χ3v) is 5.42. The number of aryl methyl sites for hydroxylation is 1. The van der Waals surface area contributed by atoms with E-state index in [9.17, 15) is 4.79 Å². The molecule has 0 saturated heterocycles. The maximum atomic E-state index is 12.2. The summed E-state index contributed by atoms with van der Waals surface area (Å²) in [6.45, 7) is 1.98. The molecule has 0 saturated carbocycles. The predicted octanol–water partition coefficient (Wildman–Crippen LogP) is 5.39. The molecule has 136 valence electrons. The van der Waals surface area contributed by atoms with Crippen LogP contribution < -0.4 is 5.32 Å². The first kappa shape index (κ1) is 19.0. The number of halogens is 2. The number of carbonyl (C=O) groups is 1. The van der Waals surface area contributed by atoms with Gasteiger partial charge in [0.25, 0.3) is 0 Å². The third kappa shape index (κ3) is 4.87. The summed E-state index contributed by atoms with van der Waals surface area (Å²) < 4.78 is 5.31. The standard InChI is InChI=1S/C19H18Cl2N2O2S/c1-12(7-8-14-4-3-9-25-14)22-17(24)10-13-11-26-19(23-13)18-15(20)5-2-6-16(18)21/h2-6,9,11-12H,7-8,10H2,1H3,(H,22,24). The number of nitrogens with zero attached hydrogens (tertiary/aromatic N) is 1. The Morgan fingerprint density at radius 2 is 2.04 bits per heavy atom. The Bertz CT molecular complexity index is 857. The van der Waals surface area contributed by atoms with E-state index in [0.29, 0.717) is 26.3 Å². The van der Waals surface area contributed by atoms with Crippen molar-refractivity contribution in [2.75, 3.05) is 0 Å². The van der Waals surface area contributed by atoms with Crippen molar-refractivity contribution in [3.8, 4) is 10.6 Å². The predicted molar refractivity (Wildman–Crippen MR) is 106 cm³/mol. The molecule has 1 N–H and O–H groups in total. The minimum atomic E-state index is -0.0564. The van der Waals surface area contributed by atoms with E-state index in [-0.39, 0.29) is 18.4 Å². The fourth-order valence-corrected chi connectivity index (χ4v) is 4.16. The monoisotopic (exact) mass is 408 g/mol. The first-order chi connectivity index (χ1) is 12.5. The number of rotatable bonds is 7. The second-order valence-corrected chi connectivity index (χ2v) is 7.68. The van der Waals surface area contributed by atoms with Gasteiger partial charge in [0.1, 0.15) is 10.8 Å². The normalized spacial score (nSPS) is 12.1. The Labute approximate surface area is 166 Å². The smallest absolute Gasteiger partial charge is 0.226 e. The molecule has 3 rings (SSSR count). The Morgan fingerprint density at radius 3 is 2.73 bits per heavy atom. The van der Waals surface area contributed by atoms with Gasteiger partial charge in [-0.05, 0) is 37.6 Å². The summed E-state index contributed by atoms with van der Waals surface area (Å²) in [6, 6.07) is 9.20. The molecular weight excluding hydrogens is 391 g/mol. The number of aromatic nitrogens is 1. The van der Waals surface area contributed by atoms with Crippen molar-refractivity contribution in [3.63, 3.8) is 0 Å². The van der Waals surface area contributed by atoms with Crippen LogP contribution in [0.25, 0.3) is 10.6 Å². The van der Waals surface area contributed by atoms with Crippen molar-refractivity contribution in [2.45, 2.75) is 32.2 Å². The van der Waals surface area contributed by atoms with Gasteiger partial charge < -0.3 is 9.73 Å². The summed E-state index contributed by atoms with van der Waals surface area (Å²) in [4.78, 5) is 16.8. The highest BCUT2D eigenvalue weighted by Crippen LogP contribution is 2.36. The molecule has 2 heterocycles. The molecule has 1 unspecified atom stereocenters. The topological polar surface area (TPSA) is 55.1 Å². The van der Waals surface area contributed by atoms with Gasteiger partial charge in [-0.15, -0.1) is 11.3 Å². The highest BCUT2D eigenvalue weighted by Gasteiger charge is 2.15. The van der Waals surface area contributed by atoms with E-state index in [1.807, 2.05) is 24.4 Å². The SMILES string of the molecule is CC(CCc1ccco1)NC(=O)Cc1csc(-c2c(Cl)cccc2Cl)n1. The van der Waals surface area contributed by atoms with Gasteiger partial charge in [-0.2, -0.15) is 0 Å². The van der Waals surface area contributed by atoms with Crippen LogP contribution in [0.15, 0.2) is 46.4 Å². The van der Waals surface area contributed by atoms with Crippen molar-refractivity contribution in [1.29, 1.82) is 0 Å². The number of hydrogen-bond donors (Lipinski definition) is 1. The van der Waals surface area contributed by atoms with Crippen molar-refractivity contribution >= 4 is 40.4 Å². The Hall–Kier alpha value is -1.82. The summed E-state index contributed by atoms with van der Waals surface area (Å²) in [7, 11) is 0. The third-order valence-electron chi connectivity index (χ3n) is 3.88. The van der Waals surface area contributed by atoms with Gasteiger partial charge >= 0.3 is 0 Å². The van der Waals surface area contributed by atoms with Crippen molar-refractivity contribution in [1.82, 2.24) is 10.3 Å². The largest absolute Gasteiger partial charge is 0.469 e. The van der Waals surface area contributed by atoms with Crippen LogP contribution in [0.5, 0.6) is 0 Å². The van der Waals surface area contributed by atoms with Crippen LogP contribution in [0.3, 0.4) is 0 Å². The average molecular weight is 409 g/mol. The summed E-state index contributed by atoms with van der Waals surface area (Å²) in [5.74, 6) is 0.867. The number of hydrogen-bond acceptors (Lipinski definition) is 4. The van der Waals surface area contributed by atoms with Crippen LogP contribution in [0.1, 0.15) is 24.8 Å². The molecule has 2 aromatic heterocycles. The zero-order chi connectivity index (χ0) is 18.5. The Kier molecular flexibility index (Phi) is 6.35. The van der Waals surface area contributed by atoms with Gasteiger partial charge in [0, 0.05) is 23.4 Å². The van der Waals surface area contributed by atoms with Crippen LogP contribution >= 0.6 is 34.5 Å². The van der Waals surface area contributed by atoms with E-state index in [4.69, 9.17) is 27.6 Å². The number of furan rings is 1. The molecule has 0 aliphatic carbocycles. The fourth-order valence-electron chi connectivity index (χ4n) is 2.58. The zero-order valence-electron chi connectivity index (χ0n) is 14.2. The molecule has 0 aliphatic heterocycles. The second-order valence-electron chi connectivity index (χ2n) is 6.00. The number of carbonyl (C=O) groups excluding carboxylic acids is 1. The lowest BCUT2D eigenvalue weighted by Gasteiger charge is -2.12. The summed E-state index contributed by atoms with van der Waals surface area (Å²) >= 11 is 13.9. The van der Waals surface area contributed by atoms with Gasteiger partial charge in [0.15, 0.2) is 0 Å². The molecule has 7 heteroatoms. The summed E-state index contributed by atoms with van der Waals surface area (Å²) in [5, 5.41) is 6.68. The number of nitrogens with one attached hydrogen (secondary N) is 1. The first-order valence-corrected chi connectivity index (χ1v) is 9.87. The van der Waals surface area contributed by atoms with Crippen LogP contribution in [0, 0.1) is 0 Å². The van der Waals surface area contributed by atoms with Gasteiger partial charge in [-0.25, -0.2) is 4.98 Å². The van der Waals surface area contributed by atoms with Gasteiger partial charge in [-0.1, -0.05) is 29.3 Å². The van der Waals surface area contributed by atoms with Crippen molar-refractivity contribution in [2.24, 2.45) is 0 Å². The number of benzene rings is 1. The number of thiazole rings is 1. The molecule has 0 aliphatic rings. The molecule has 1 aromatic carbocycles. The minimum Gasteiger partial charge on any atom is -0.469 e. The lowest BCUT2D eigenvalue weighted by Crippen LogP contribution is -2.34. The highest BCUT2D eigenvalue weighted by atomic mass is 35.5. The second kappa shape index (κ2) is 8.71. The van der Waals surface area contributed by atoms with Gasteiger partial charge in [0.05, 0.1) is 28.4 Å². The van der Waals surface area contributed by atoms with E-state index < -0.39 is 0 Å². The summed E-state index contributed by atoms with van der Waals surface area (Å²) in [5.41, 5.74) is 1.41. The molecule has 1 amide bonds. The van der Waals surface area contributed by atoms with E-state index in [2.05, 4.69) is 10.3 Å². The van der Waals surface area contributed by atoms with Gasteiger partial charge in [0.2, 0.25) is 5.91 Å². The number of amides is 1. The first-order valence-electron chi connectivity index (χ1n) is 8.23. The highest BCUT2D eigenvalue weighted by molar-refractivity contribution is 7.13. The zero-order valence-corrected chi connectivity index (χ0v) is 16.5. The molecule has 0 fully saturated rings. The van der Waals surface area contributed by atoms with Gasteiger partial charge in [-0.3, -0.25) is 4.79 Å².